The number of halogens is 1. The molecule has 0 aliphatic carbocycles. The summed E-state index contributed by atoms with van der Waals surface area (Å²) in [6, 6.07) is 9.61. The first-order valence-electron chi connectivity index (χ1n) is 8.68. The van der Waals surface area contributed by atoms with Crippen LogP contribution in [0, 0.1) is 15.9 Å². The van der Waals surface area contributed by atoms with Gasteiger partial charge in [0, 0.05) is 19.5 Å². The van der Waals surface area contributed by atoms with Gasteiger partial charge in [0.05, 0.1) is 28.6 Å². The summed E-state index contributed by atoms with van der Waals surface area (Å²) in [5, 5.41) is 22.7. The highest BCUT2D eigenvalue weighted by atomic mass is 32.2. The minimum absolute atomic E-state index is 0.0570. The van der Waals surface area contributed by atoms with Gasteiger partial charge in [-0.1, -0.05) is 0 Å². The lowest BCUT2D eigenvalue weighted by molar-refractivity contribution is -0.387. The van der Waals surface area contributed by atoms with Crippen LogP contribution in [0.4, 0.5) is 10.1 Å². The molecule has 3 aromatic rings. The fourth-order valence-corrected chi connectivity index (χ4v) is 3.12. The number of carbonyl (C=O) groups excluding carboxylic acids is 1. The monoisotopic (exact) mass is 433 g/mol. The molecule has 0 fully saturated rings. The van der Waals surface area contributed by atoms with Gasteiger partial charge >= 0.3 is 5.97 Å². The number of nitrogens with zero attached hydrogens (tertiary/aromatic N) is 5. The van der Waals surface area contributed by atoms with Crippen LogP contribution in [-0.4, -0.2) is 44.3 Å². The fourth-order valence-electron chi connectivity index (χ4n) is 2.31. The maximum atomic E-state index is 12.8. The van der Waals surface area contributed by atoms with Gasteiger partial charge in [0.25, 0.3) is 5.69 Å². The molecule has 3 rings (SSSR count). The molecule has 0 amide bonds. The molecule has 0 aliphatic heterocycles. The average Bonchev–Trinajstić information content (AvgIpc) is 3.13. The Labute approximate surface area is 174 Å². The van der Waals surface area contributed by atoms with Crippen LogP contribution in [-0.2, 0) is 11.8 Å². The van der Waals surface area contributed by atoms with E-state index in [0.29, 0.717) is 22.2 Å². The van der Waals surface area contributed by atoms with Crippen molar-refractivity contribution in [3.05, 3.63) is 64.0 Å². The molecule has 0 aliphatic rings. The Hall–Kier alpha value is -3.54. The molecule has 0 radical (unpaired) electrons. The van der Waals surface area contributed by atoms with Crippen LogP contribution in [0.2, 0.25) is 0 Å². The van der Waals surface area contributed by atoms with Crippen molar-refractivity contribution in [2.75, 3.05) is 13.2 Å². The summed E-state index contributed by atoms with van der Waals surface area (Å²) in [7, 11) is 1.61. The maximum absolute atomic E-state index is 12.8. The Morgan fingerprint density at radius 1 is 1.23 bits per heavy atom. The highest BCUT2D eigenvalue weighted by Crippen LogP contribution is 2.34. The van der Waals surface area contributed by atoms with E-state index in [9.17, 15) is 19.3 Å². The van der Waals surface area contributed by atoms with Crippen molar-refractivity contribution in [3.8, 4) is 5.75 Å². The molecule has 0 bridgehead atoms. The van der Waals surface area contributed by atoms with Crippen LogP contribution in [0.25, 0.3) is 0 Å². The third-order valence-corrected chi connectivity index (χ3v) is 4.87. The number of aromatic nitrogens is 4. The van der Waals surface area contributed by atoms with Crippen LogP contribution in [0.15, 0.2) is 52.5 Å². The fraction of sp³-hybridized carbons (Fsp3) is 0.222. The summed E-state index contributed by atoms with van der Waals surface area (Å²) in [6.45, 7) is 0.329. The normalized spacial score (nSPS) is 10.6. The molecular formula is C18H16FN5O5S. The van der Waals surface area contributed by atoms with Crippen LogP contribution in [0.5, 0.6) is 5.75 Å². The third-order valence-electron chi connectivity index (χ3n) is 3.78. The van der Waals surface area contributed by atoms with E-state index in [2.05, 4.69) is 15.5 Å². The minimum Gasteiger partial charge on any atom is -0.493 e. The Kier molecular flexibility index (Phi) is 6.91. The predicted molar refractivity (Wildman–Crippen MR) is 103 cm³/mol. The van der Waals surface area contributed by atoms with Gasteiger partial charge < -0.3 is 9.47 Å². The summed E-state index contributed by atoms with van der Waals surface area (Å²) in [6.07, 6.45) is 0.401. The largest absolute Gasteiger partial charge is 0.493 e. The molecule has 156 valence electrons. The zero-order chi connectivity index (χ0) is 21.5. The molecule has 30 heavy (non-hydrogen) atoms. The second-order valence-electron chi connectivity index (χ2n) is 5.92. The van der Waals surface area contributed by atoms with Gasteiger partial charge in [-0.05, 0) is 58.6 Å². The molecule has 0 N–H and O–H groups in total. The number of esters is 1. The van der Waals surface area contributed by atoms with Crippen LogP contribution < -0.4 is 4.74 Å². The standard InChI is InChI=1S/C18H16FN5O5S/c1-23-18(20-21-22-23)30-16-8-3-12(11-15(16)24(26)27)17(25)29-10-2-9-28-14-6-4-13(19)5-7-14/h3-8,11H,2,9-10H2,1H3. The first-order chi connectivity index (χ1) is 14.4. The van der Waals surface area contributed by atoms with Crippen molar-refractivity contribution < 1.29 is 23.6 Å². The molecule has 1 aromatic heterocycles. The van der Waals surface area contributed by atoms with E-state index in [1.54, 1.807) is 7.05 Å². The van der Waals surface area contributed by atoms with Gasteiger partial charge in [-0.2, -0.15) is 0 Å². The number of nitro benzene ring substituents is 1. The van der Waals surface area contributed by atoms with Crippen molar-refractivity contribution >= 4 is 23.4 Å². The predicted octanol–water partition coefficient (Wildman–Crippen LogP) is 3.03. The molecule has 2 aromatic carbocycles. The van der Waals surface area contributed by atoms with Crippen molar-refractivity contribution in [3.63, 3.8) is 0 Å². The van der Waals surface area contributed by atoms with Crippen LogP contribution >= 0.6 is 11.8 Å². The minimum atomic E-state index is -0.684. The number of nitro groups is 1. The lowest BCUT2D eigenvalue weighted by Crippen LogP contribution is -2.10. The van der Waals surface area contributed by atoms with E-state index >= 15 is 0 Å². The Morgan fingerprint density at radius 3 is 2.67 bits per heavy atom. The van der Waals surface area contributed by atoms with Gasteiger partial charge in [0.15, 0.2) is 0 Å². The summed E-state index contributed by atoms with van der Waals surface area (Å²) in [5.41, 5.74) is -0.196. The molecule has 0 saturated heterocycles. The van der Waals surface area contributed by atoms with Crippen molar-refractivity contribution in [1.82, 2.24) is 20.2 Å². The van der Waals surface area contributed by atoms with E-state index in [-0.39, 0.29) is 30.3 Å². The number of carbonyl (C=O) groups is 1. The first kappa shape index (κ1) is 21.2. The lowest BCUT2D eigenvalue weighted by Gasteiger charge is -2.08. The number of benzene rings is 2. The van der Waals surface area contributed by atoms with Crippen LogP contribution in [0.3, 0.4) is 0 Å². The summed E-state index contributed by atoms with van der Waals surface area (Å²) in [4.78, 5) is 23.3. The molecule has 0 atom stereocenters. The van der Waals surface area contributed by atoms with E-state index in [1.807, 2.05) is 0 Å². The van der Waals surface area contributed by atoms with E-state index < -0.39 is 10.9 Å². The number of hydrogen-bond donors (Lipinski definition) is 0. The van der Waals surface area contributed by atoms with Gasteiger partial charge in [-0.3, -0.25) is 10.1 Å². The van der Waals surface area contributed by atoms with E-state index in [1.165, 1.54) is 41.1 Å². The molecule has 0 saturated carbocycles. The van der Waals surface area contributed by atoms with E-state index in [4.69, 9.17) is 9.47 Å². The molecule has 12 heteroatoms. The van der Waals surface area contributed by atoms with Gasteiger partial charge in [-0.25, -0.2) is 13.9 Å². The summed E-state index contributed by atoms with van der Waals surface area (Å²) in [5.74, 6) is -0.538. The van der Waals surface area contributed by atoms with E-state index in [0.717, 1.165) is 17.8 Å². The maximum Gasteiger partial charge on any atom is 0.338 e. The number of ether oxygens (including phenoxy) is 2. The Morgan fingerprint density at radius 2 is 2.00 bits per heavy atom. The van der Waals surface area contributed by atoms with Crippen molar-refractivity contribution in [1.29, 1.82) is 0 Å². The third kappa shape index (κ3) is 5.50. The van der Waals surface area contributed by atoms with Gasteiger partial charge in [-0.15, -0.1) is 5.10 Å². The number of rotatable bonds is 9. The highest BCUT2D eigenvalue weighted by molar-refractivity contribution is 7.99. The highest BCUT2D eigenvalue weighted by Gasteiger charge is 2.21. The quantitative estimate of drug-likeness (QED) is 0.217. The Bertz CT molecular complexity index is 1040. The molecule has 1 heterocycles. The van der Waals surface area contributed by atoms with Gasteiger partial charge in [0.1, 0.15) is 11.6 Å². The topological polar surface area (TPSA) is 122 Å². The number of tetrazole rings is 1. The molecule has 10 nitrogen and oxygen atoms in total. The zero-order valence-electron chi connectivity index (χ0n) is 15.7. The second kappa shape index (κ2) is 9.78. The lowest BCUT2D eigenvalue weighted by atomic mass is 10.2. The smallest absolute Gasteiger partial charge is 0.338 e. The first-order valence-corrected chi connectivity index (χ1v) is 9.50. The number of hydrogen-bond acceptors (Lipinski definition) is 9. The van der Waals surface area contributed by atoms with Crippen molar-refractivity contribution in [2.45, 2.75) is 16.5 Å². The number of aryl methyl sites for hydroxylation is 1. The average molecular weight is 433 g/mol. The SMILES string of the molecule is Cn1nnnc1Sc1ccc(C(=O)OCCCOc2ccc(F)cc2)cc1[N+](=O)[O-]. The van der Waals surface area contributed by atoms with Crippen molar-refractivity contribution in [2.24, 2.45) is 7.05 Å². The zero-order valence-corrected chi connectivity index (χ0v) is 16.5. The summed E-state index contributed by atoms with van der Waals surface area (Å²) < 4.78 is 24.8. The second-order valence-corrected chi connectivity index (χ2v) is 6.93. The molecule has 0 unspecified atom stereocenters. The van der Waals surface area contributed by atoms with Crippen LogP contribution in [0.1, 0.15) is 16.8 Å². The molecule has 0 spiro atoms. The molecular weight excluding hydrogens is 417 g/mol. The Balaban J connectivity index is 1.55. The van der Waals surface area contributed by atoms with Gasteiger partial charge in [0.2, 0.25) is 5.16 Å². The summed E-state index contributed by atoms with van der Waals surface area (Å²) >= 11 is 1.01.